The molecule has 18 heavy (non-hydrogen) atoms. The van der Waals surface area contributed by atoms with Gasteiger partial charge in [0.05, 0.1) is 21.3 Å². The van der Waals surface area contributed by atoms with Crippen molar-refractivity contribution in [2.24, 2.45) is 0 Å². The summed E-state index contributed by atoms with van der Waals surface area (Å²) in [5.41, 5.74) is 5.50. The fourth-order valence-electron chi connectivity index (χ4n) is 1.36. The van der Waals surface area contributed by atoms with Gasteiger partial charge in [-0.15, -0.1) is 0 Å². The Labute approximate surface area is 113 Å². The third kappa shape index (κ3) is 3.86. The van der Waals surface area contributed by atoms with Crippen molar-refractivity contribution in [3.8, 4) is 0 Å². The zero-order valence-electron chi connectivity index (χ0n) is 10.7. The van der Waals surface area contributed by atoms with Crippen LogP contribution in [0.3, 0.4) is 0 Å². The molecule has 0 atom stereocenters. The largest absolute Gasteiger partial charge is 0.399 e. The minimum atomic E-state index is -3.42. The van der Waals surface area contributed by atoms with E-state index in [0.29, 0.717) is 12.1 Å². The molecule has 0 aromatic heterocycles. The number of halogens is 1. The van der Waals surface area contributed by atoms with Crippen LogP contribution >= 0.6 is 11.6 Å². The van der Waals surface area contributed by atoms with Gasteiger partial charge in [-0.3, -0.25) is 0 Å². The first kappa shape index (κ1) is 15.3. The van der Waals surface area contributed by atoms with Crippen LogP contribution in [-0.2, 0) is 14.6 Å². The number of sulfone groups is 1. The third-order valence-electron chi connectivity index (χ3n) is 2.82. The van der Waals surface area contributed by atoms with Crippen LogP contribution in [0, 0.1) is 0 Å². The average Bonchev–Trinajstić information content (AvgIpc) is 2.26. The van der Waals surface area contributed by atoms with E-state index in [1.807, 2.05) is 13.8 Å². The van der Waals surface area contributed by atoms with E-state index < -0.39 is 15.4 Å². The molecule has 0 amide bonds. The minimum Gasteiger partial charge on any atom is -0.399 e. The van der Waals surface area contributed by atoms with Crippen LogP contribution in [0.2, 0.25) is 5.02 Å². The quantitative estimate of drug-likeness (QED) is 0.846. The van der Waals surface area contributed by atoms with E-state index >= 15 is 0 Å². The second-order valence-electron chi connectivity index (χ2n) is 4.72. The van der Waals surface area contributed by atoms with Crippen molar-refractivity contribution in [3.63, 3.8) is 0 Å². The summed E-state index contributed by atoms with van der Waals surface area (Å²) < 4.78 is 29.5. The van der Waals surface area contributed by atoms with Crippen molar-refractivity contribution >= 4 is 27.1 Å². The van der Waals surface area contributed by atoms with E-state index in [4.69, 9.17) is 22.1 Å². The zero-order chi connectivity index (χ0) is 14.0. The first-order valence-electron chi connectivity index (χ1n) is 5.51. The van der Waals surface area contributed by atoms with Crippen molar-refractivity contribution in [3.05, 3.63) is 23.2 Å². The molecule has 1 aromatic rings. The number of methoxy groups -OCH3 is 1. The van der Waals surface area contributed by atoms with Gasteiger partial charge in [0, 0.05) is 12.8 Å². The number of anilines is 1. The summed E-state index contributed by atoms with van der Waals surface area (Å²) >= 11 is 5.91. The highest BCUT2D eigenvalue weighted by molar-refractivity contribution is 7.91. The molecular weight excluding hydrogens is 274 g/mol. The monoisotopic (exact) mass is 291 g/mol. The molecule has 0 radical (unpaired) electrons. The molecule has 0 bridgehead atoms. The van der Waals surface area contributed by atoms with Gasteiger partial charge >= 0.3 is 0 Å². The van der Waals surface area contributed by atoms with Crippen LogP contribution < -0.4 is 5.73 Å². The maximum Gasteiger partial charge on any atom is 0.179 e. The van der Waals surface area contributed by atoms with Crippen LogP contribution in [0.1, 0.15) is 20.3 Å². The van der Waals surface area contributed by atoms with E-state index in [2.05, 4.69) is 0 Å². The number of benzene rings is 1. The topological polar surface area (TPSA) is 69.4 Å². The SMILES string of the molecule is COC(C)(C)CCS(=O)(=O)c1ccc(N)cc1Cl. The van der Waals surface area contributed by atoms with E-state index in [9.17, 15) is 8.42 Å². The smallest absolute Gasteiger partial charge is 0.179 e. The van der Waals surface area contributed by atoms with Gasteiger partial charge in [0.1, 0.15) is 0 Å². The van der Waals surface area contributed by atoms with Crippen LogP contribution in [0.5, 0.6) is 0 Å². The van der Waals surface area contributed by atoms with E-state index in [1.165, 1.54) is 18.2 Å². The van der Waals surface area contributed by atoms with Gasteiger partial charge < -0.3 is 10.5 Å². The van der Waals surface area contributed by atoms with Gasteiger partial charge in [0.2, 0.25) is 0 Å². The predicted molar refractivity (Wildman–Crippen MR) is 73.6 cm³/mol. The maximum atomic E-state index is 12.1. The Morgan fingerprint density at radius 1 is 1.39 bits per heavy atom. The molecule has 0 unspecified atom stereocenters. The highest BCUT2D eigenvalue weighted by Gasteiger charge is 2.24. The third-order valence-corrected chi connectivity index (χ3v) is 5.01. The van der Waals surface area contributed by atoms with Gasteiger partial charge in [-0.25, -0.2) is 8.42 Å². The fourth-order valence-corrected chi connectivity index (χ4v) is 3.51. The number of nitrogens with two attached hydrogens (primary N) is 1. The number of hydrogen-bond acceptors (Lipinski definition) is 4. The molecule has 0 spiro atoms. The molecule has 0 saturated carbocycles. The zero-order valence-corrected chi connectivity index (χ0v) is 12.3. The van der Waals surface area contributed by atoms with E-state index in [0.717, 1.165) is 0 Å². The first-order valence-corrected chi connectivity index (χ1v) is 7.54. The second kappa shape index (κ2) is 5.47. The molecule has 0 aliphatic carbocycles. The molecule has 4 nitrogen and oxygen atoms in total. The van der Waals surface area contributed by atoms with E-state index in [-0.39, 0.29) is 15.7 Å². The maximum absolute atomic E-state index is 12.1. The lowest BCUT2D eigenvalue weighted by molar-refractivity contribution is 0.0203. The van der Waals surface area contributed by atoms with Crippen molar-refractivity contribution in [2.45, 2.75) is 30.8 Å². The number of rotatable bonds is 5. The summed E-state index contributed by atoms with van der Waals surface area (Å²) in [6, 6.07) is 4.41. The average molecular weight is 292 g/mol. The molecule has 0 heterocycles. The highest BCUT2D eigenvalue weighted by atomic mass is 35.5. The molecule has 2 N–H and O–H groups in total. The number of hydrogen-bond donors (Lipinski definition) is 1. The molecule has 1 aromatic carbocycles. The Bertz CT molecular complexity index is 526. The van der Waals surface area contributed by atoms with Crippen LogP contribution in [0.25, 0.3) is 0 Å². The van der Waals surface area contributed by atoms with Gasteiger partial charge in [0.15, 0.2) is 9.84 Å². The van der Waals surface area contributed by atoms with Gasteiger partial charge in [0.25, 0.3) is 0 Å². The molecule has 6 heteroatoms. The predicted octanol–water partition coefficient (Wildman–Crippen LogP) is 2.51. The Hall–Kier alpha value is -0.780. The van der Waals surface area contributed by atoms with Crippen LogP contribution in [0.15, 0.2) is 23.1 Å². The van der Waals surface area contributed by atoms with Crippen LogP contribution in [0.4, 0.5) is 5.69 Å². The summed E-state index contributed by atoms with van der Waals surface area (Å²) in [6.07, 6.45) is 0.395. The summed E-state index contributed by atoms with van der Waals surface area (Å²) in [4.78, 5) is 0.116. The Morgan fingerprint density at radius 2 is 2.00 bits per heavy atom. The summed E-state index contributed by atoms with van der Waals surface area (Å²) in [5, 5.41) is 0.158. The standard InChI is InChI=1S/C12H18ClNO3S/c1-12(2,17-3)6-7-18(15,16)11-5-4-9(14)8-10(11)13/h4-5,8H,6-7,14H2,1-3H3. The second-order valence-corrected chi connectivity index (χ2v) is 7.21. The number of nitrogen functional groups attached to an aromatic ring is 1. The van der Waals surface area contributed by atoms with Crippen molar-refractivity contribution in [1.29, 1.82) is 0 Å². The lowest BCUT2D eigenvalue weighted by Crippen LogP contribution is -2.26. The summed E-state index contributed by atoms with van der Waals surface area (Å²) in [6.45, 7) is 3.68. The molecule has 102 valence electrons. The Kier molecular flexibility index (Phi) is 4.64. The molecule has 0 saturated heterocycles. The van der Waals surface area contributed by atoms with Gasteiger partial charge in [-0.2, -0.15) is 0 Å². The van der Waals surface area contributed by atoms with Gasteiger partial charge in [-0.05, 0) is 38.5 Å². The molecule has 0 aliphatic rings. The molecule has 0 aliphatic heterocycles. The fraction of sp³-hybridized carbons (Fsp3) is 0.500. The van der Waals surface area contributed by atoms with Crippen molar-refractivity contribution in [2.75, 3.05) is 18.6 Å². The first-order chi connectivity index (χ1) is 8.18. The highest BCUT2D eigenvalue weighted by Crippen LogP contribution is 2.26. The Balaban J connectivity index is 2.94. The minimum absolute atomic E-state index is 0.0164. The number of ether oxygens (including phenoxy) is 1. The normalized spacial score (nSPS) is 12.7. The molecule has 1 rings (SSSR count). The Morgan fingerprint density at radius 3 is 2.50 bits per heavy atom. The molecular formula is C12H18ClNO3S. The lowest BCUT2D eigenvalue weighted by atomic mass is 10.1. The molecule has 0 fully saturated rings. The lowest BCUT2D eigenvalue weighted by Gasteiger charge is -2.22. The summed E-state index contributed by atoms with van der Waals surface area (Å²) in [7, 11) is -1.86. The van der Waals surface area contributed by atoms with Crippen molar-refractivity contribution in [1.82, 2.24) is 0 Å². The van der Waals surface area contributed by atoms with E-state index in [1.54, 1.807) is 7.11 Å². The van der Waals surface area contributed by atoms with Crippen molar-refractivity contribution < 1.29 is 13.2 Å². The summed E-state index contributed by atoms with van der Waals surface area (Å²) in [5.74, 6) is -0.0164. The van der Waals surface area contributed by atoms with Gasteiger partial charge in [-0.1, -0.05) is 11.6 Å². The van der Waals surface area contributed by atoms with Crippen LogP contribution in [-0.4, -0.2) is 26.9 Å².